The fourth-order valence-corrected chi connectivity index (χ4v) is 4.11. The zero-order valence-electron chi connectivity index (χ0n) is 9.78. The third-order valence-corrected chi connectivity index (χ3v) is 5.27. The van der Waals surface area contributed by atoms with Crippen LogP contribution in [-0.4, -0.2) is 22.4 Å². The lowest BCUT2D eigenvalue weighted by Gasteiger charge is -2.37. The van der Waals surface area contributed by atoms with Crippen LogP contribution in [0.4, 0.5) is 0 Å². The molecule has 2 atom stereocenters. The summed E-state index contributed by atoms with van der Waals surface area (Å²) in [5, 5.41) is 0.406. The van der Waals surface area contributed by atoms with Crippen LogP contribution in [0.25, 0.3) is 0 Å². The molecule has 2 aliphatic rings. The minimum atomic E-state index is 0.406. The van der Waals surface area contributed by atoms with Crippen molar-refractivity contribution in [1.82, 2.24) is 4.90 Å². The van der Waals surface area contributed by atoms with Crippen LogP contribution in [-0.2, 0) is 6.54 Å². The summed E-state index contributed by atoms with van der Waals surface area (Å²) in [6.07, 6.45) is 5.00. The molecule has 0 saturated carbocycles. The van der Waals surface area contributed by atoms with E-state index in [2.05, 4.69) is 45.1 Å². The summed E-state index contributed by atoms with van der Waals surface area (Å²) in [4.78, 5) is 2.67. The molecule has 1 aromatic carbocycles. The molecule has 92 valence electrons. The van der Waals surface area contributed by atoms with Crippen LogP contribution in [0.15, 0.2) is 28.7 Å². The van der Waals surface area contributed by atoms with Crippen LogP contribution in [0.2, 0.25) is 0 Å². The van der Waals surface area contributed by atoms with Crippen LogP contribution in [0.3, 0.4) is 0 Å². The monoisotopic (exact) mass is 313 g/mol. The van der Waals surface area contributed by atoms with Crippen molar-refractivity contribution in [1.29, 1.82) is 0 Å². The molecule has 0 aliphatic carbocycles. The predicted octanol–water partition coefficient (Wildman–Crippen LogP) is 4.18. The molecule has 2 fully saturated rings. The fraction of sp³-hybridized carbons (Fsp3) is 0.571. The van der Waals surface area contributed by atoms with E-state index in [4.69, 9.17) is 11.6 Å². The highest BCUT2D eigenvalue weighted by Gasteiger charge is 2.39. The Hall–Kier alpha value is -0.0500. The lowest BCUT2D eigenvalue weighted by Crippen LogP contribution is -2.42. The molecule has 1 nitrogen and oxygen atoms in total. The first-order valence-electron chi connectivity index (χ1n) is 6.37. The molecule has 0 amide bonds. The van der Waals surface area contributed by atoms with Gasteiger partial charge in [-0.3, -0.25) is 4.90 Å². The maximum atomic E-state index is 6.31. The van der Waals surface area contributed by atoms with E-state index >= 15 is 0 Å². The van der Waals surface area contributed by atoms with E-state index in [9.17, 15) is 0 Å². The molecule has 0 aromatic heterocycles. The molecular formula is C14H17BrClN. The van der Waals surface area contributed by atoms with Crippen molar-refractivity contribution in [3.8, 4) is 0 Å². The number of hydrogen-bond donors (Lipinski definition) is 0. The van der Waals surface area contributed by atoms with E-state index < -0.39 is 0 Å². The molecule has 2 unspecified atom stereocenters. The van der Waals surface area contributed by atoms with Gasteiger partial charge in [-0.05, 0) is 37.3 Å². The highest BCUT2D eigenvalue weighted by Crippen LogP contribution is 2.39. The van der Waals surface area contributed by atoms with Gasteiger partial charge in [0, 0.05) is 28.5 Å². The molecule has 3 rings (SSSR count). The second kappa shape index (κ2) is 4.91. The first-order chi connectivity index (χ1) is 8.24. The molecule has 0 spiro atoms. The number of fused-ring (bicyclic) bond motifs is 2. The van der Waals surface area contributed by atoms with Gasteiger partial charge in [0.05, 0.1) is 0 Å². The highest BCUT2D eigenvalue weighted by molar-refractivity contribution is 9.10. The quantitative estimate of drug-likeness (QED) is 0.740. The number of piperidine rings is 1. The van der Waals surface area contributed by atoms with E-state index in [1.807, 2.05) is 0 Å². The van der Waals surface area contributed by atoms with Gasteiger partial charge >= 0.3 is 0 Å². The number of halogens is 2. The Bertz CT molecular complexity index is 395. The van der Waals surface area contributed by atoms with Crippen LogP contribution in [0.1, 0.15) is 31.2 Å². The zero-order valence-corrected chi connectivity index (χ0v) is 12.1. The first kappa shape index (κ1) is 12.0. The van der Waals surface area contributed by atoms with Gasteiger partial charge in [-0.2, -0.15) is 0 Å². The molecule has 0 radical (unpaired) electrons. The summed E-state index contributed by atoms with van der Waals surface area (Å²) in [5.74, 6) is 0. The number of nitrogens with zero attached hydrogens (tertiary/aromatic N) is 1. The van der Waals surface area contributed by atoms with Gasteiger partial charge in [0.15, 0.2) is 0 Å². The predicted molar refractivity (Wildman–Crippen MR) is 75.4 cm³/mol. The summed E-state index contributed by atoms with van der Waals surface area (Å²) >= 11 is 9.95. The van der Waals surface area contributed by atoms with Gasteiger partial charge in [0.25, 0.3) is 0 Å². The summed E-state index contributed by atoms with van der Waals surface area (Å²) in [7, 11) is 0. The number of benzene rings is 1. The zero-order chi connectivity index (χ0) is 11.8. The van der Waals surface area contributed by atoms with Crippen molar-refractivity contribution in [2.45, 2.75) is 49.7 Å². The SMILES string of the molecule is ClC1CC2CCC(C1)N2Cc1ccccc1Br. The summed E-state index contributed by atoms with van der Waals surface area (Å²) in [6.45, 7) is 1.07. The van der Waals surface area contributed by atoms with Crippen LogP contribution in [0.5, 0.6) is 0 Å². The number of hydrogen-bond acceptors (Lipinski definition) is 1. The topological polar surface area (TPSA) is 3.24 Å². The molecule has 2 saturated heterocycles. The van der Waals surface area contributed by atoms with Crippen molar-refractivity contribution >= 4 is 27.5 Å². The molecule has 2 bridgehead atoms. The van der Waals surface area contributed by atoms with Crippen molar-refractivity contribution in [2.75, 3.05) is 0 Å². The Labute approximate surface area is 116 Å². The first-order valence-corrected chi connectivity index (χ1v) is 7.60. The van der Waals surface area contributed by atoms with Crippen LogP contribution in [0, 0.1) is 0 Å². The lowest BCUT2D eigenvalue weighted by molar-refractivity contribution is 0.134. The minimum Gasteiger partial charge on any atom is -0.293 e. The standard InChI is InChI=1S/C14H17BrClN/c15-14-4-2-1-3-10(14)9-17-12-5-6-13(17)8-11(16)7-12/h1-4,11-13H,5-9H2. The Morgan fingerprint density at radius 3 is 2.47 bits per heavy atom. The summed E-state index contributed by atoms with van der Waals surface area (Å²) < 4.78 is 1.23. The summed E-state index contributed by atoms with van der Waals surface area (Å²) in [5.41, 5.74) is 1.40. The molecular weight excluding hydrogens is 298 g/mol. The van der Waals surface area contributed by atoms with Gasteiger partial charge in [0.2, 0.25) is 0 Å². The average Bonchev–Trinajstić information content (AvgIpc) is 2.56. The Morgan fingerprint density at radius 1 is 1.18 bits per heavy atom. The van der Waals surface area contributed by atoms with Crippen molar-refractivity contribution in [2.24, 2.45) is 0 Å². The number of alkyl halides is 1. The normalized spacial score (nSPS) is 32.9. The smallest absolute Gasteiger partial charge is 0.0365 e. The third kappa shape index (κ3) is 2.40. The molecule has 17 heavy (non-hydrogen) atoms. The van der Waals surface area contributed by atoms with Crippen molar-refractivity contribution in [3.63, 3.8) is 0 Å². The van der Waals surface area contributed by atoms with Crippen molar-refractivity contribution in [3.05, 3.63) is 34.3 Å². The highest BCUT2D eigenvalue weighted by atomic mass is 79.9. The van der Waals surface area contributed by atoms with Crippen LogP contribution < -0.4 is 0 Å². The molecule has 0 N–H and O–H groups in total. The molecule has 1 aromatic rings. The fourth-order valence-electron chi connectivity index (χ4n) is 3.29. The molecule has 2 heterocycles. The second-order valence-corrected chi connectivity index (χ2v) is 6.69. The van der Waals surface area contributed by atoms with Gasteiger partial charge in [-0.15, -0.1) is 11.6 Å². The van der Waals surface area contributed by atoms with E-state index in [1.54, 1.807) is 0 Å². The Balaban J connectivity index is 1.76. The Kier molecular flexibility index (Phi) is 3.47. The van der Waals surface area contributed by atoms with Crippen LogP contribution >= 0.6 is 27.5 Å². The van der Waals surface area contributed by atoms with E-state index in [-0.39, 0.29) is 0 Å². The van der Waals surface area contributed by atoms with Crippen molar-refractivity contribution < 1.29 is 0 Å². The van der Waals surface area contributed by atoms with E-state index in [0.29, 0.717) is 17.5 Å². The maximum Gasteiger partial charge on any atom is 0.0365 e. The summed E-state index contributed by atoms with van der Waals surface area (Å²) in [6, 6.07) is 9.97. The van der Waals surface area contributed by atoms with E-state index in [1.165, 1.54) is 35.7 Å². The van der Waals surface area contributed by atoms with Gasteiger partial charge in [0.1, 0.15) is 0 Å². The second-order valence-electron chi connectivity index (χ2n) is 5.22. The largest absolute Gasteiger partial charge is 0.293 e. The minimum absolute atomic E-state index is 0.406. The van der Waals surface area contributed by atoms with Gasteiger partial charge in [-0.1, -0.05) is 34.1 Å². The van der Waals surface area contributed by atoms with E-state index in [0.717, 1.165) is 6.54 Å². The molecule has 2 aliphatic heterocycles. The maximum absolute atomic E-state index is 6.31. The average molecular weight is 315 g/mol. The number of rotatable bonds is 2. The van der Waals surface area contributed by atoms with Gasteiger partial charge < -0.3 is 0 Å². The Morgan fingerprint density at radius 2 is 1.82 bits per heavy atom. The lowest BCUT2D eigenvalue weighted by atomic mass is 10.0. The third-order valence-electron chi connectivity index (χ3n) is 4.14. The molecule has 3 heteroatoms. The van der Waals surface area contributed by atoms with Gasteiger partial charge in [-0.25, -0.2) is 0 Å².